The molecule has 2 aromatic rings. The minimum absolute atomic E-state index is 0.0981. The Bertz CT molecular complexity index is 953. The number of methoxy groups -OCH3 is 1. The number of rotatable bonds is 9. The molecule has 7 nitrogen and oxygen atoms in total. The fourth-order valence-electron chi connectivity index (χ4n) is 3.85. The van der Waals surface area contributed by atoms with E-state index in [4.69, 9.17) is 16.3 Å². The molecule has 1 fully saturated rings. The van der Waals surface area contributed by atoms with Gasteiger partial charge in [-0.25, -0.2) is 0 Å². The Labute approximate surface area is 187 Å². The van der Waals surface area contributed by atoms with Crippen LogP contribution in [0.1, 0.15) is 24.1 Å². The lowest BCUT2D eigenvalue weighted by Crippen LogP contribution is -2.44. The third-order valence-electron chi connectivity index (χ3n) is 5.63. The van der Waals surface area contributed by atoms with Crippen molar-refractivity contribution < 1.29 is 19.1 Å². The van der Waals surface area contributed by atoms with Crippen LogP contribution < -0.4 is 0 Å². The van der Waals surface area contributed by atoms with Crippen molar-refractivity contribution in [2.75, 3.05) is 33.9 Å². The van der Waals surface area contributed by atoms with Crippen molar-refractivity contribution >= 4 is 29.3 Å². The van der Waals surface area contributed by atoms with Crippen LogP contribution in [0.15, 0.2) is 48.7 Å². The number of hydrogen-bond acceptors (Lipinski definition) is 5. The molecular formula is C23H26ClN3O4. The fourth-order valence-corrected chi connectivity index (χ4v) is 4.17. The van der Waals surface area contributed by atoms with Gasteiger partial charge in [0.25, 0.3) is 0 Å². The van der Waals surface area contributed by atoms with E-state index in [1.54, 1.807) is 42.4 Å². The highest BCUT2D eigenvalue weighted by atomic mass is 35.5. The summed E-state index contributed by atoms with van der Waals surface area (Å²) in [7, 11) is 3.20. The molecule has 1 aromatic carbocycles. The molecule has 2 heterocycles. The number of likely N-dealkylation sites (tertiary alicyclic amines) is 1. The lowest BCUT2D eigenvalue weighted by Gasteiger charge is -2.30. The average Bonchev–Trinajstić information content (AvgIpc) is 3.01. The summed E-state index contributed by atoms with van der Waals surface area (Å²) in [6.07, 6.45) is 2.07. The molecule has 0 unspecified atom stereocenters. The molecule has 0 saturated carbocycles. The Morgan fingerprint density at radius 1 is 1.23 bits per heavy atom. The van der Waals surface area contributed by atoms with Gasteiger partial charge in [-0.2, -0.15) is 0 Å². The lowest BCUT2D eigenvalue weighted by atomic mass is 9.75. The van der Waals surface area contributed by atoms with Crippen molar-refractivity contribution in [3.63, 3.8) is 0 Å². The number of amides is 3. The highest BCUT2D eigenvalue weighted by molar-refractivity contribution is 6.32. The number of ether oxygens (including phenoxy) is 1. The molecule has 3 rings (SSSR count). The summed E-state index contributed by atoms with van der Waals surface area (Å²) < 4.78 is 5.04. The van der Waals surface area contributed by atoms with Gasteiger partial charge in [-0.05, 0) is 23.8 Å². The number of hydrogen-bond donors (Lipinski definition) is 0. The van der Waals surface area contributed by atoms with Gasteiger partial charge in [0.15, 0.2) is 0 Å². The molecule has 164 valence electrons. The van der Waals surface area contributed by atoms with E-state index in [0.717, 1.165) is 5.69 Å². The van der Waals surface area contributed by atoms with Crippen LogP contribution >= 0.6 is 11.6 Å². The zero-order chi connectivity index (χ0) is 22.4. The minimum Gasteiger partial charge on any atom is -0.383 e. The molecule has 0 N–H and O–H groups in total. The maximum absolute atomic E-state index is 13.4. The predicted octanol–water partition coefficient (Wildman–Crippen LogP) is 2.47. The number of carbonyl (C=O) groups excluding carboxylic acids is 3. The Morgan fingerprint density at radius 2 is 1.97 bits per heavy atom. The summed E-state index contributed by atoms with van der Waals surface area (Å²) >= 11 is 6.42. The van der Waals surface area contributed by atoms with Gasteiger partial charge in [-0.1, -0.05) is 35.9 Å². The normalized spacial score (nSPS) is 18.5. The molecular weight excluding hydrogens is 418 g/mol. The topological polar surface area (TPSA) is 79.8 Å². The van der Waals surface area contributed by atoms with Crippen molar-refractivity contribution in [3.05, 3.63) is 64.9 Å². The quantitative estimate of drug-likeness (QED) is 0.556. The van der Waals surface area contributed by atoms with Crippen LogP contribution in [0, 0.1) is 0 Å². The minimum atomic E-state index is -1.32. The third kappa shape index (κ3) is 4.94. The van der Waals surface area contributed by atoms with E-state index in [1.807, 2.05) is 18.2 Å². The first-order valence-corrected chi connectivity index (χ1v) is 10.5. The van der Waals surface area contributed by atoms with Crippen LogP contribution in [0.25, 0.3) is 0 Å². The van der Waals surface area contributed by atoms with Crippen LogP contribution in [0.3, 0.4) is 0 Å². The monoisotopic (exact) mass is 443 g/mol. The number of likely N-dealkylation sites (N-methyl/N-ethyl adjacent to an activating group) is 1. The van der Waals surface area contributed by atoms with Crippen LogP contribution in [0.4, 0.5) is 0 Å². The summed E-state index contributed by atoms with van der Waals surface area (Å²) in [6.45, 7) is 0.821. The summed E-state index contributed by atoms with van der Waals surface area (Å²) in [5.41, 5.74) is 0.0571. The SMILES string of the molecule is COCCN1C(=O)C[C@@](CC(=O)N(C)CCc2ccccn2)(c2ccccc2Cl)C1=O. The molecule has 0 spiro atoms. The van der Waals surface area contributed by atoms with Crippen LogP contribution in [-0.4, -0.2) is 66.4 Å². The fraction of sp³-hybridized carbons (Fsp3) is 0.391. The van der Waals surface area contributed by atoms with Gasteiger partial charge in [0.05, 0.1) is 18.6 Å². The highest BCUT2D eigenvalue weighted by Gasteiger charge is 2.54. The zero-order valence-electron chi connectivity index (χ0n) is 17.7. The van der Waals surface area contributed by atoms with Gasteiger partial charge >= 0.3 is 0 Å². The number of nitrogens with zero attached hydrogens (tertiary/aromatic N) is 3. The van der Waals surface area contributed by atoms with Crippen molar-refractivity contribution in [2.24, 2.45) is 0 Å². The van der Waals surface area contributed by atoms with Crippen molar-refractivity contribution in [1.29, 1.82) is 0 Å². The van der Waals surface area contributed by atoms with E-state index >= 15 is 0 Å². The third-order valence-corrected chi connectivity index (χ3v) is 5.95. The molecule has 1 saturated heterocycles. The van der Waals surface area contributed by atoms with Crippen LogP contribution in [0.5, 0.6) is 0 Å². The first-order valence-electron chi connectivity index (χ1n) is 10.1. The average molecular weight is 444 g/mol. The molecule has 0 radical (unpaired) electrons. The maximum atomic E-state index is 13.4. The summed E-state index contributed by atoms with van der Waals surface area (Å²) in [4.78, 5) is 46.3. The summed E-state index contributed by atoms with van der Waals surface area (Å²) in [5, 5.41) is 0.362. The molecule has 1 atom stereocenters. The van der Waals surface area contributed by atoms with E-state index in [0.29, 0.717) is 23.6 Å². The number of halogens is 1. The summed E-state index contributed by atoms with van der Waals surface area (Å²) in [5.74, 6) is -0.967. The molecule has 1 aliphatic heterocycles. The second-order valence-electron chi connectivity index (χ2n) is 7.65. The first-order chi connectivity index (χ1) is 14.9. The van der Waals surface area contributed by atoms with Gasteiger partial charge in [0.2, 0.25) is 17.7 Å². The number of aromatic nitrogens is 1. The molecule has 8 heteroatoms. The number of carbonyl (C=O) groups is 3. The van der Waals surface area contributed by atoms with Gasteiger partial charge < -0.3 is 9.64 Å². The highest BCUT2D eigenvalue weighted by Crippen LogP contribution is 2.43. The molecule has 1 aromatic heterocycles. The second-order valence-corrected chi connectivity index (χ2v) is 8.05. The van der Waals surface area contributed by atoms with E-state index in [2.05, 4.69) is 4.98 Å². The molecule has 1 aliphatic rings. The Kier molecular flexibility index (Phi) is 7.41. The first kappa shape index (κ1) is 22.9. The standard InChI is InChI=1S/C23H26ClN3O4/c1-26(12-10-17-7-5-6-11-25-17)20(28)15-23(18-8-3-4-9-19(18)24)16-21(29)27(22(23)30)13-14-31-2/h3-9,11H,10,12-16H2,1-2H3/t23-/m0/s1. The Balaban J connectivity index is 1.84. The van der Waals surface area contributed by atoms with Crippen molar-refractivity contribution in [3.8, 4) is 0 Å². The summed E-state index contributed by atoms with van der Waals surface area (Å²) in [6, 6.07) is 12.5. The molecule has 0 aliphatic carbocycles. The van der Waals surface area contributed by atoms with E-state index in [-0.39, 0.29) is 37.8 Å². The van der Waals surface area contributed by atoms with Gasteiger partial charge in [-0.3, -0.25) is 24.3 Å². The molecule has 31 heavy (non-hydrogen) atoms. The lowest BCUT2D eigenvalue weighted by molar-refractivity contribution is -0.143. The van der Waals surface area contributed by atoms with E-state index in [1.165, 1.54) is 12.0 Å². The number of imide groups is 1. The second kappa shape index (κ2) is 10.0. The number of pyridine rings is 1. The Hall–Kier alpha value is -2.77. The van der Waals surface area contributed by atoms with Crippen LogP contribution in [0.2, 0.25) is 5.02 Å². The predicted molar refractivity (Wildman–Crippen MR) is 117 cm³/mol. The van der Waals surface area contributed by atoms with Crippen molar-refractivity contribution in [1.82, 2.24) is 14.8 Å². The largest absolute Gasteiger partial charge is 0.383 e. The Morgan fingerprint density at radius 3 is 2.65 bits per heavy atom. The molecule has 3 amide bonds. The molecule has 0 bridgehead atoms. The van der Waals surface area contributed by atoms with E-state index < -0.39 is 11.3 Å². The maximum Gasteiger partial charge on any atom is 0.241 e. The van der Waals surface area contributed by atoms with Gasteiger partial charge in [0, 0.05) is 56.9 Å². The van der Waals surface area contributed by atoms with Gasteiger partial charge in [0.1, 0.15) is 0 Å². The van der Waals surface area contributed by atoms with Crippen LogP contribution in [-0.2, 0) is 31.0 Å². The zero-order valence-corrected chi connectivity index (χ0v) is 18.5. The van der Waals surface area contributed by atoms with E-state index in [9.17, 15) is 14.4 Å². The van der Waals surface area contributed by atoms with Crippen molar-refractivity contribution in [2.45, 2.75) is 24.7 Å². The smallest absolute Gasteiger partial charge is 0.241 e. The van der Waals surface area contributed by atoms with Gasteiger partial charge in [-0.15, -0.1) is 0 Å². The number of benzene rings is 1.